The summed E-state index contributed by atoms with van der Waals surface area (Å²) >= 11 is 5.70. The number of carbonyl (C=O) groups excluding carboxylic acids is 1. The van der Waals surface area contributed by atoms with Crippen molar-refractivity contribution in [2.24, 2.45) is 0 Å². The van der Waals surface area contributed by atoms with Gasteiger partial charge in [-0.05, 0) is 24.1 Å². The van der Waals surface area contributed by atoms with Crippen LogP contribution in [0.4, 0.5) is 11.5 Å². The van der Waals surface area contributed by atoms with Crippen LogP contribution in [0, 0.1) is 0 Å². The van der Waals surface area contributed by atoms with E-state index < -0.39 is 0 Å². The second-order valence-electron chi connectivity index (χ2n) is 4.02. The third kappa shape index (κ3) is 4.22. The Labute approximate surface area is 115 Å². The highest BCUT2D eigenvalue weighted by atomic mass is 35.5. The first-order valence-corrected chi connectivity index (χ1v) is 6.13. The summed E-state index contributed by atoms with van der Waals surface area (Å²) in [5.41, 5.74) is 7.39. The van der Waals surface area contributed by atoms with Crippen LogP contribution < -0.4 is 11.1 Å². The van der Waals surface area contributed by atoms with Crippen LogP contribution >= 0.6 is 11.6 Å². The molecule has 2 aromatic rings. The van der Waals surface area contributed by atoms with Crippen molar-refractivity contribution in [3.8, 4) is 0 Å². The number of carbonyl (C=O) groups is 1. The maximum Gasteiger partial charge on any atom is 0.225 e. The van der Waals surface area contributed by atoms with E-state index in [2.05, 4.69) is 15.3 Å². The van der Waals surface area contributed by atoms with E-state index in [0.717, 1.165) is 5.56 Å². The van der Waals surface area contributed by atoms with Crippen molar-refractivity contribution in [3.05, 3.63) is 47.4 Å². The second-order valence-corrected chi connectivity index (χ2v) is 4.41. The SMILES string of the molecule is Nc1cccc(CCC(=O)Nc2cc(Cl)ncn2)c1. The third-order valence-corrected chi connectivity index (χ3v) is 2.70. The normalized spacial score (nSPS) is 10.2. The second kappa shape index (κ2) is 6.15. The average molecular weight is 277 g/mol. The van der Waals surface area contributed by atoms with E-state index >= 15 is 0 Å². The van der Waals surface area contributed by atoms with Gasteiger partial charge in [0.25, 0.3) is 0 Å². The summed E-state index contributed by atoms with van der Waals surface area (Å²) in [6.45, 7) is 0. The van der Waals surface area contributed by atoms with E-state index in [1.54, 1.807) is 0 Å². The predicted octanol–water partition coefficient (Wildman–Crippen LogP) is 2.28. The van der Waals surface area contributed by atoms with Gasteiger partial charge in [-0.15, -0.1) is 0 Å². The van der Waals surface area contributed by atoms with Crippen LogP contribution in [0.1, 0.15) is 12.0 Å². The van der Waals surface area contributed by atoms with Crippen molar-refractivity contribution in [1.29, 1.82) is 0 Å². The highest BCUT2D eigenvalue weighted by molar-refractivity contribution is 6.29. The zero-order valence-corrected chi connectivity index (χ0v) is 10.9. The fraction of sp³-hybridized carbons (Fsp3) is 0.154. The number of halogens is 1. The van der Waals surface area contributed by atoms with Gasteiger partial charge in [0, 0.05) is 18.2 Å². The molecular weight excluding hydrogens is 264 g/mol. The number of aromatic nitrogens is 2. The van der Waals surface area contributed by atoms with Gasteiger partial charge in [-0.1, -0.05) is 23.7 Å². The molecule has 0 radical (unpaired) electrons. The molecule has 0 spiro atoms. The maximum absolute atomic E-state index is 11.7. The molecule has 6 heteroatoms. The van der Waals surface area contributed by atoms with Crippen LogP contribution in [0.25, 0.3) is 0 Å². The Bertz CT molecular complexity index is 588. The smallest absolute Gasteiger partial charge is 0.225 e. The molecular formula is C13H13ClN4O. The minimum absolute atomic E-state index is 0.128. The third-order valence-electron chi connectivity index (χ3n) is 2.49. The van der Waals surface area contributed by atoms with Gasteiger partial charge in [0.1, 0.15) is 17.3 Å². The molecule has 0 aliphatic carbocycles. The molecule has 5 nitrogen and oxygen atoms in total. The summed E-state index contributed by atoms with van der Waals surface area (Å²) < 4.78 is 0. The number of aryl methyl sites for hydroxylation is 1. The molecule has 0 fully saturated rings. The molecule has 1 heterocycles. The Kier molecular flexibility index (Phi) is 4.30. The molecule has 0 unspecified atom stereocenters. The molecule has 0 saturated heterocycles. The fourth-order valence-corrected chi connectivity index (χ4v) is 1.76. The van der Waals surface area contributed by atoms with Gasteiger partial charge >= 0.3 is 0 Å². The Balaban J connectivity index is 1.88. The van der Waals surface area contributed by atoms with E-state index in [0.29, 0.717) is 29.5 Å². The summed E-state index contributed by atoms with van der Waals surface area (Å²) in [4.78, 5) is 19.4. The predicted molar refractivity (Wildman–Crippen MR) is 74.8 cm³/mol. The average Bonchev–Trinajstić information content (AvgIpc) is 2.36. The van der Waals surface area contributed by atoms with Crippen molar-refractivity contribution >= 4 is 29.0 Å². The Morgan fingerprint density at radius 2 is 2.16 bits per heavy atom. The lowest BCUT2D eigenvalue weighted by molar-refractivity contribution is -0.116. The Morgan fingerprint density at radius 1 is 1.32 bits per heavy atom. The van der Waals surface area contributed by atoms with Gasteiger partial charge in [-0.25, -0.2) is 9.97 Å². The van der Waals surface area contributed by atoms with Gasteiger partial charge in [-0.2, -0.15) is 0 Å². The van der Waals surface area contributed by atoms with E-state index in [-0.39, 0.29) is 5.91 Å². The number of benzene rings is 1. The van der Waals surface area contributed by atoms with Crippen LogP contribution in [-0.2, 0) is 11.2 Å². The van der Waals surface area contributed by atoms with Crippen LogP contribution in [0.5, 0.6) is 0 Å². The molecule has 0 saturated carbocycles. The lowest BCUT2D eigenvalue weighted by Crippen LogP contribution is -2.13. The first-order chi connectivity index (χ1) is 9.13. The molecule has 0 atom stereocenters. The number of nitrogen functional groups attached to an aromatic ring is 1. The number of rotatable bonds is 4. The largest absolute Gasteiger partial charge is 0.399 e. The van der Waals surface area contributed by atoms with Crippen LogP contribution in [-0.4, -0.2) is 15.9 Å². The van der Waals surface area contributed by atoms with Crippen LogP contribution in [0.15, 0.2) is 36.7 Å². The monoisotopic (exact) mass is 276 g/mol. The molecule has 1 amide bonds. The minimum Gasteiger partial charge on any atom is -0.399 e. The summed E-state index contributed by atoms with van der Waals surface area (Å²) in [5.74, 6) is 0.273. The number of nitrogens with one attached hydrogen (secondary N) is 1. The van der Waals surface area contributed by atoms with Crippen LogP contribution in [0.3, 0.4) is 0 Å². The van der Waals surface area contributed by atoms with Gasteiger partial charge < -0.3 is 11.1 Å². The molecule has 98 valence electrons. The summed E-state index contributed by atoms with van der Waals surface area (Å²) in [6, 6.07) is 8.97. The topological polar surface area (TPSA) is 80.9 Å². The highest BCUT2D eigenvalue weighted by Gasteiger charge is 2.05. The quantitative estimate of drug-likeness (QED) is 0.663. The van der Waals surface area contributed by atoms with Crippen molar-refractivity contribution in [1.82, 2.24) is 9.97 Å². The van der Waals surface area contributed by atoms with Crippen molar-refractivity contribution in [2.75, 3.05) is 11.1 Å². The first kappa shape index (κ1) is 13.3. The lowest BCUT2D eigenvalue weighted by Gasteiger charge is -2.05. The number of nitrogens with two attached hydrogens (primary N) is 1. The first-order valence-electron chi connectivity index (χ1n) is 5.75. The molecule has 1 aromatic carbocycles. The summed E-state index contributed by atoms with van der Waals surface area (Å²) in [7, 11) is 0. The standard InChI is InChI=1S/C13H13ClN4O/c14-11-7-12(17-8-16-11)18-13(19)5-4-9-2-1-3-10(15)6-9/h1-3,6-8H,4-5,15H2,(H,16,17,18,19). The van der Waals surface area contributed by atoms with Gasteiger partial charge in [0.15, 0.2) is 0 Å². The summed E-state index contributed by atoms with van der Waals surface area (Å²) in [5, 5.41) is 2.95. The van der Waals surface area contributed by atoms with Crippen molar-refractivity contribution in [3.63, 3.8) is 0 Å². The van der Waals surface area contributed by atoms with E-state index in [1.165, 1.54) is 12.4 Å². The number of hydrogen-bond acceptors (Lipinski definition) is 4. The van der Waals surface area contributed by atoms with Crippen LogP contribution in [0.2, 0.25) is 5.15 Å². The summed E-state index contributed by atoms with van der Waals surface area (Å²) in [6.07, 6.45) is 2.27. The van der Waals surface area contributed by atoms with Crippen molar-refractivity contribution in [2.45, 2.75) is 12.8 Å². The number of hydrogen-bond donors (Lipinski definition) is 2. The number of anilines is 2. The zero-order chi connectivity index (χ0) is 13.7. The molecule has 0 bridgehead atoms. The number of nitrogens with zero attached hydrogens (tertiary/aromatic N) is 2. The molecule has 3 N–H and O–H groups in total. The van der Waals surface area contributed by atoms with E-state index in [9.17, 15) is 4.79 Å². The Morgan fingerprint density at radius 3 is 2.89 bits per heavy atom. The van der Waals surface area contributed by atoms with Gasteiger partial charge in [0.05, 0.1) is 0 Å². The highest BCUT2D eigenvalue weighted by Crippen LogP contribution is 2.11. The molecule has 0 aliphatic rings. The van der Waals surface area contributed by atoms with Gasteiger partial charge in [0.2, 0.25) is 5.91 Å². The van der Waals surface area contributed by atoms with E-state index in [4.69, 9.17) is 17.3 Å². The number of amides is 1. The Hall–Kier alpha value is -2.14. The lowest BCUT2D eigenvalue weighted by atomic mass is 10.1. The van der Waals surface area contributed by atoms with Gasteiger partial charge in [-0.3, -0.25) is 4.79 Å². The van der Waals surface area contributed by atoms with Crippen molar-refractivity contribution < 1.29 is 4.79 Å². The molecule has 0 aliphatic heterocycles. The maximum atomic E-state index is 11.7. The minimum atomic E-state index is -0.128. The molecule has 1 aromatic heterocycles. The fourth-order valence-electron chi connectivity index (χ4n) is 1.61. The molecule has 2 rings (SSSR count). The molecule has 19 heavy (non-hydrogen) atoms. The zero-order valence-electron chi connectivity index (χ0n) is 10.1. The van der Waals surface area contributed by atoms with E-state index in [1.807, 2.05) is 24.3 Å².